The van der Waals surface area contributed by atoms with Crippen LogP contribution in [0.2, 0.25) is 0 Å². The summed E-state index contributed by atoms with van der Waals surface area (Å²) in [4.78, 5) is 14.2. The Bertz CT molecular complexity index is 476. The fourth-order valence-electron chi connectivity index (χ4n) is 2.34. The molecule has 1 aliphatic rings. The smallest absolute Gasteiger partial charge is 0.256 e. The van der Waals surface area contributed by atoms with Crippen LogP contribution in [0.3, 0.4) is 0 Å². The first kappa shape index (κ1) is 13.7. The maximum atomic E-state index is 12.4. The van der Waals surface area contributed by atoms with Gasteiger partial charge in [0.1, 0.15) is 5.75 Å². The summed E-state index contributed by atoms with van der Waals surface area (Å²) in [7, 11) is 1.55. The molecule has 0 aromatic heterocycles. The normalized spacial score (nSPS) is 23.2. The zero-order valence-electron chi connectivity index (χ0n) is 11.3. The minimum Gasteiger partial charge on any atom is -0.497 e. The van der Waals surface area contributed by atoms with Crippen LogP contribution in [-0.4, -0.2) is 42.2 Å². The van der Waals surface area contributed by atoms with Gasteiger partial charge in [0.2, 0.25) is 0 Å². The van der Waals surface area contributed by atoms with E-state index in [9.17, 15) is 9.90 Å². The van der Waals surface area contributed by atoms with Crippen LogP contribution in [0.1, 0.15) is 23.7 Å². The van der Waals surface area contributed by atoms with E-state index in [1.807, 2.05) is 6.92 Å². The van der Waals surface area contributed by atoms with E-state index in [1.54, 1.807) is 30.2 Å². The predicted octanol–water partition coefficient (Wildman–Crippen LogP) is 1.12. The second kappa shape index (κ2) is 5.48. The van der Waals surface area contributed by atoms with E-state index >= 15 is 0 Å². The first-order valence-electron chi connectivity index (χ1n) is 6.43. The number of carbonyl (C=O) groups excluding carboxylic acids is 1. The van der Waals surface area contributed by atoms with Gasteiger partial charge in [-0.3, -0.25) is 4.79 Å². The van der Waals surface area contributed by atoms with E-state index < -0.39 is 0 Å². The van der Waals surface area contributed by atoms with Gasteiger partial charge in [-0.2, -0.15) is 0 Å². The molecule has 0 radical (unpaired) electrons. The van der Waals surface area contributed by atoms with Crippen molar-refractivity contribution in [1.29, 1.82) is 0 Å². The van der Waals surface area contributed by atoms with E-state index in [-0.39, 0.29) is 17.9 Å². The summed E-state index contributed by atoms with van der Waals surface area (Å²) >= 11 is 0. The van der Waals surface area contributed by atoms with Crippen molar-refractivity contribution in [3.05, 3.63) is 23.8 Å². The number of nitrogens with two attached hydrogens (primary N) is 1. The van der Waals surface area contributed by atoms with Gasteiger partial charge in [-0.05, 0) is 30.5 Å². The van der Waals surface area contributed by atoms with Crippen LogP contribution in [-0.2, 0) is 0 Å². The van der Waals surface area contributed by atoms with E-state index in [2.05, 4.69) is 0 Å². The van der Waals surface area contributed by atoms with Crippen molar-refractivity contribution in [2.75, 3.05) is 25.9 Å². The SMILES string of the molecule is COc1ccc(N)c(C(=O)N2CCC(O)C(C)C2)c1. The minimum atomic E-state index is -0.327. The minimum absolute atomic E-state index is 0.0875. The van der Waals surface area contributed by atoms with Crippen molar-refractivity contribution in [1.82, 2.24) is 4.90 Å². The Kier molecular flexibility index (Phi) is 3.95. The lowest BCUT2D eigenvalue weighted by molar-refractivity contribution is 0.0298. The maximum Gasteiger partial charge on any atom is 0.256 e. The zero-order chi connectivity index (χ0) is 14.0. The Balaban J connectivity index is 2.20. The maximum absolute atomic E-state index is 12.4. The lowest BCUT2D eigenvalue weighted by Crippen LogP contribution is -2.45. The molecule has 5 nitrogen and oxygen atoms in total. The molecule has 0 saturated carbocycles. The van der Waals surface area contributed by atoms with Crippen molar-refractivity contribution in [2.45, 2.75) is 19.4 Å². The molecule has 104 valence electrons. The molecule has 1 saturated heterocycles. The third-order valence-electron chi connectivity index (χ3n) is 3.64. The summed E-state index contributed by atoms with van der Waals surface area (Å²) in [5.74, 6) is 0.599. The highest BCUT2D eigenvalue weighted by atomic mass is 16.5. The van der Waals surface area contributed by atoms with E-state index in [0.29, 0.717) is 36.5 Å². The second-order valence-corrected chi connectivity index (χ2v) is 5.04. The van der Waals surface area contributed by atoms with Crippen molar-refractivity contribution in [2.24, 2.45) is 5.92 Å². The highest BCUT2D eigenvalue weighted by Gasteiger charge is 2.28. The number of anilines is 1. The number of hydrogen-bond acceptors (Lipinski definition) is 4. The van der Waals surface area contributed by atoms with Crippen LogP contribution in [0.25, 0.3) is 0 Å². The van der Waals surface area contributed by atoms with Gasteiger partial charge in [-0.25, -0.2) is 0 Å². The number of likely N-dealkylation sites (tertiary alicyclic amines) is 1. The number of carbonyl (C=O) groups is 1. The Hall–Kier alpha value is -1.75. The molecule has 5 heteroatoms. The summed E-state index contributed by atoms with van der Waals surface area (Å²) < 4.78 is 5.12. The largest absolute Gasteiger partial charge is 0.497 e. The number of hydrogen-bond donors (Lipinski definition) is 2. The molecular formula is C14H20N2O3. The topological polar surface area (TPSA) is 75.8 Å². The fourth-order valence-corrected chi connectivity index (χ4v) is 2.34. The molecule has 1 aliphatic heterocycles. The lowest BCUT2D eigenvalue weighted by Gasteiger charge is -2.34. The Morgan fingerprint density at radius 2 is 2.26 bits per heavy atom. The summed E-state index contributed by atoms with van der Waals surface area (Å²) in [6.45, 7) is 3.05. The first-order chi connectivity index (χ1) is 9.02. The molecule has 1 heterocycles. The van der Waals surface area contributed by atoms with E-state index in [4.69, 9.17) is 10.5 Å². The lowest BCUT2D eigenvalue weighted by atomic mass is 9.96. The molecule has 1 fully saturated rings. The van der Waals surface area contributed by atoms with Crippen LogP contribution in [0.15, 0.2) is 18.2 Å². The molecule has 0 bridgehead atoms. The van der Waals surface area contributed by atoms with Gasteiger partial charge in [0.25, 0.3) is 5.91 Å². The quantitative estimate of drug-likeness (QED) is 0.785. The van der Waals surface area contributed by atoms with Gasteiger partial charge in [0.05, 0.1) is 18.8 Å². The monoisotopic (exact) mass is 264 g/mol. The number of nitrogens with zero attached hydrogens (tertiary/aromatic N) is 1. The number of ether oxygens (including phenoxy) is 1. The molecular weight excluding hydrogens is 244 g/mol. The van der Waals surface area contributed by atoms with Crippen molar-refractivity contribution >= 4 is 11.6 Å². The second-order valence-electron chi connectivity index (χ2n) is 5.04. The summed E-state index contributed by atoms with van der Waals surface area (Å²) in [5.41, 5.74) is 6.77. The van der Waals surface area contributed by atoms with Crippen LogP contribution in [0.4, 0.5) is 5.69 Å². The molecule has 1 aromatic rings. The predicted molar refractivity (Wildman–Crippen MR) is 73.1 cm³/mol. The zero-order valence-corrected chi connectivity index (χ0v) is 11.3. The number of aliphatic hydroxyl groups excluding tert-OH is 1. The molecule has 2 rings (SSSR count). The van der Waals surface area contributed by atoms with E-state index in [1.165, 1.54) is 0 Å². The van der Waals surface area contributed by atoms with Crippen molar-refractivity contribution in [3.8, 4) is 5.75 Å². The number of nitrogen functional groups attached to an aromatic ring is 1. The standard InChI is InChI=1S/C14H20N2O3/c1-9-8-16(6-5-13(9)17)14(18)11-7-10(19-2)3-4-12(11)15/h3-4,7,9,13,17H,5-6,8,15H2,1-2H3. The highest BCUT2D eigenvalue weighted by molar-refractivity contribution is 5.99. The molecule has 1 aromatic carbocycles. The Labute approximate surface area is 113 Å². The van der Waals surface area contributed by atoms with Crippen molar-refractivity contribution < 1.29 is 14.6 Å². The molecule has 2 unspecified atom stereocenters. The number of rotatable bonds is 2. The average molecular weight is 264 g/mol. The third-order valence-corrected chi connectivity index (χ3v) is 3.64. The van der Waals surface area contributed by atoms with E-state index in [0.717, 1.165) is 0 Å². The van der Waals surface area contributed by atoms with Crippen molar-refractivity contribution in [3.63, 3.8) is 0 Å². The molecule has 1 amide bonds. The third kappa shape index (κ3) is 2.81. The van der Waals surface area contributed by atoms with Gasteiger partial charge in [0.15, 0.2) is 0 Å². The van der Waals surface area contributed by atoms with Gasteiger partial charge >= 0.3 is 0 Å². The van der Waals surface area contributed by atoms with Gasteiger partial charge in [0, 0.05) is 18.8 Å². The summed E-state index contributed by atoms with van der Waals surface area (Å²) in [5, 5.41) is 9.70. The Morgan fingerprint density at radius 3 is 2.89 bits per heavy atom. The molecule has 0 spiro atoms. The Morgan fingerprint density at radius 1 is 1.53 bits per heavy atom. The number of amides is 1. The van der Waals surface area contributed by atoms with Crippen LogP contribution in [0.5, 0.6) is 5.75 Å². The molecule has 19 heavy (non-hydrogen) atoms. The van der Waals surface area contributed by atoms with Gasteiger partial charge in [-0.15, -0.1) is 0 Å². The van der Waals surface area contributed by atoms with Gasteiger partial charge in [-0.1, -0.05) is 6.92 Å². The molecule has 2 atom stereocenters. The summed E-state index contributed by atoms with van der Waals surface area (Å²) in [6.07, 6.45) is 0.281. The molecule has 3 N–H and O–H groups in total. The number of aliphatic hydroxyl groups is 1. The average Bonchev–Trinajstić information content (AvgIpc) is 2.41. The van der Waals surface area contributed by atoms with Gasteiger partial charge < -0.3 is 20.5 Å². The van der Waals surface area contributed by atoms with Crippen LogP contribution >= 0.6 is 0 Å². The first-order valence-corrected chi connectivity index (χ1v) is 6.43. The molecule has 0 aliphatic carbocycles. The van der Waals surface area contributed by atoms with Crippen LogP contribution in [0, 0.1) is 5.92 Å². The number of piperidine rings is 1. The number of methoxy groups -OCH3 is 1. The summed E-state index contributed by atoms with van der Waals surface area (Å²) in [6, 6.07) is 5.07. The number of benzene rings is 1. The highest BCUT2D eigenvalue weighted by Crippen LogP contribution is 2.24. The fraction of sp³-hybridized carbons (Fsp3) is 0.500. The van der Waals surface area contributed by atoms with Crippen LogP contribution < -0.4 is 10.5 Å².